The normalized spacial score (nSPS) is 16.6. The van der Waals surface area contributed by atoms with Crippen LogP contribution >= 0.6 is 0 Å². The van der Waals surface area contributed by atoms with Crippen LogP contribution in [-0.2, 0) is 28.4 Å². The Morgan fingerprint density at radius 1 is 1.00 bits per heavy atom. The van der Waals surface area contributed by atoms with Gasteiger partial charge in [-0.1, -0.05) is 32.0 Å². The molecule has 4 nitrogen and oxygen atoms in total. The summed E-state index contributed by atoms with van der Waals surface area (Å²) in [6.07, 6.45) is 5.62. The average molecular weight is 416 g/mol. The summed E-state index contributed by atoms with van der Waals surface area (Å²) in [4.78, 5) is 2.97. The monoisotopic (exact) mass is 415 g/mol. The maximum absolute atomic E-state index is 12.8. The number of ether oxygens (including phenoxy) is 1. The molecule has 0 radical (unpaired) electrons. The summed E-state index contributed by atoms with van der Waals surface area (Å²) < 4.78 is 30.7. The molecule has 29 heavy (non-hydrogen) atoms. The Labute approximate surface area is 175 Å². The maximum Gasteiger partial charge on any atom is 0.182 e. The number of fused-ring (bicyclic) bond motifs is 1. The van der Waals surface area contributed by atoms with Crippen LogP contribution in [0.15, 0.2) is 47.4 Å². The first-order valence-corrected chi connectivity index (χ1v) is 12.3. The van der Waals surface area contributed by atoms with E-state index in [9.17, 15) is 8.42 Å². The Bertz CT molecular complexity index is 900. The standard InChI is InChI=1S/C24H33NO3S/c1-4-14-25(15-5-2)22-9-8-20-16-19(6-7-21(20)17-22)18-29(26,27)24-12-10-23(28-3)11-13-24/h6-7,10-13,16,22H,4-5,8-9,14-15,17-18H2,1-3H3/t22-/m0/s1. The van der Waals surface area contributed by atoms with Crippen molar-refractivity contribution in [1.82, 2.24) is 4.90 Å². The molecule has 0 amide bonds. The van der Waals surface area contributed by atoms with Gasteiger partial charge in [0.1, 0.15) is 5.75 Å². The van der Waals surface area contributed by atoms with Crippen LogP contribution in [-0.4, -0.2) is 39.6 Å². The second kappa shape index (κ2) is 9.77. The summed E-state index contributed by atoms with van der Waals surface area (Å²) in [7, 11) is -1.79. The average Bonchev–Trinajstić information content (AvgIpc) is 2.73. The van der Waals surface area contributed by atoms with Crippen molar-refractivity contribution in [2.24, 2.45) is 0 Å². The smallest absolute Gasteiger partial charge is 0.182 e. The van der Waals surface area contributed by atoms with E-state index in [0.29, 0.717) is 16.7 Å². The van der Waals surface area contributed by atoms with Gasteiger partial charge in [0.25, 0.3) is 0 Å². The summed E-state index contributed by atoms with van der Waals surface area (Å²) in [5.74, 6) is 0.695. The SMILES string of the molecule is CCCN(CCC)[C@H]1CCc2cc(CS(=O)(=O)c3ccc(OC)cc3)ccc2C1. The van der Waals surface area contributed by atoms with Crippen LogP contribution in [0.3, 0.4) is 0 Å². The molecule has 2 aromatic rings. The third-order valence-electron chi connectivity index (χ3n) is 5.79. The van der Waals surface area contributed by atoms with Gasteiger partial charge in [0, 0.05) is 6.04 Å². The van der Waals surface area contributed by atoms with Gasteiger partial charge >= 0.3 is 0 Å². The molecule has 0 heterocycles. The second-order valence-electron chi connectivity index (χ2n) is 7.97. The van der Waals surface area contributed by atoms with Crippen molar-refractivity contribution in [3.05, 3.63) is 59.2 Å². The molecule has 3 rings (SSSR count). The number of benzene rings is 2. The molecule has 1 aliphatic carbocycles. The summed E-state index contributed by atoms with van der Waals surface area (Å²) in [6.45, 7) is 6.81. The number of aryl methyl sites for hydroxylation is 1. The number of hydrogen-bond donors (Lipinski definition) is 0. The molecule has 1 aliphatic rings. The van der Waals surface area contributed by atoms with Crippen LogP contribution in [0.5, 0.6) is 5.75 Å². The fourth-order valence-corrected chi connectivity index (χ4v) is 5.66. The quantitative estimate of drug-likeness (QED) is 0.598. The minimum atomic E-state index is -3.37. The Morgan fingerprint density at radius 3 is 2.31 bits per heavy atom. The number of methoxy groups -OCH3 is 1. The molecule has 0 spiro atoms. The lowest BCUT2D eigenvalue weighted by molar-refractivity contribution is 0.180. The number of rotatable bonds is 9. The summed E-state index contributed by atoms with van der Waals surface area (Å²) in [6, 6.07) is 13.5. The Balaban J connectivity index is 1.72. The van der Waals surface area contributed by atoms with Crippen molar-refractivity contribution >= 4 is 9.84 Å². The lowest BCUT2D eigenvalue weighted by atomic mass is 9.86. The van der Waals surface area contributed by atoms with Crippen molar-refractivity contribution in [3.8, 4) is 5.75 Å². The van der Waals surface area contributed by atoms with Crippen LogP contribution < -0.4 is 4.74 Å². The molecule has 0 bridgehead atoms. The lowest BCUT2D eigenvalue weighted by Gasteiger charge is -2.35. The Morgan fingerprint density at radius 2 is 1.69 bits per heavy atom. The molecule has 158 valence electrons. The van der Waals surface area contributed by atoms with Crippen molar-refractivity contribution in [2.45, 2.75) is 62.6 Å². The summed E-state index contributed by atoms with van der Waals surface area (Å²) >= 11 is 0. The van der Waals surface area contributed by atoms with E-state index >= 15 is 0 Å². The van der Waals surface area contributed by atoms with E-state index in [1.54, 1.807) is 31.4 Å². The molecule has 0 aromatic heterocycles. The molecule has 0 fully saturated rings. The van der Waals surface area contributed by atoms with Gasteiger partial charge in [-0.2, -0.15) is 0 Å². The van der Waals surface area contributed by atoms with E-state index in [2.05, 4.69) is 30.9 Å². The minimum Gasteiger partial charge on any atom is -0.497 e. The van der Waals surface area contributed by atoms with Gasteiger partial charge in [0.15, 0.2) is 9.84 Å². The second-order valence-corrected chi connectivity index (χ2v) is 9.96. The van der Waals surface area contributed by atoms with Gasteiger partial charge in [-0.05, 0) is 86.1 Å². The van der Waals surface area contributed by atoms with Crippen molar-refractivity contribution < 1.29 is 13.2 Å². The van der Waals surface area contributed by atoms with Gasteiger partial charge in [-0.3, -0.25) is 0 Å². The highest BCUT2D eigenvalue weighted by Gasteiger charge is 2.24. The van der Waals surface area contributed by atoms with Crippen LogP contribution in [0, 0.1) is 0 Å². The zero-order valence-corrected chi connectivity index (χ0v) is 18.7. The first kappa shape index (κ1) is 21.8. The summed E-state index contributed by atoms with van der Waals surface area (Å²) in [5, 5.41) is 0. The molecule has 2 aromatic carbocycles. The van der Waals surface area contributed by atoms with E-state index in [4.69, 9.17) is 4.74 Å². The van der Waals surface area contributed by atoms with E-state index in [0.717, 1.165) is 37.9 Å². The van der Waals surface area contributed by atoms with Crippen molar-refractivity contribution in [1.29, 1.82) is 0 Å². The number of hydrogen-bond acceptors (Lipinski definition) is 4. The molecule has 1 atom stereocenters. The lowest BCUT2D eigenvalue weighted by Crippen LogP contribution is -2.40. The van der Waals surface area contributed by atoms with E-state index < -0.39 is 9.84 Å². The fraction of sp³-hybridized carbons (Fsp3) is 0.500. The third-order valence-corrected chi connectivity index (χ3v) is 7.49. The van der Waals surface area contributed by atoms with E-state index in [1.807, 2.05) is 6.07 Å². The van der Waals surface area contributed by atoms with Crippen molar-refractivity contribution in [3.63, 3.8) is 0 Å². The fourth-order valence-electron chi connectivity index (χ4n) is 4.33. The first-order chi connectivity index (χ1) is 14.0. The van der Waals surface area contributed by atoms with Gasteiger partial charge in [0.2, 0.25) is 0 Å². The molecular weight excluding hydrogens is 382 g/mol. The molecule has 0 N–H and O–H groups in total. The highest BCUT2D eigenvalue weighted by Crippen LogP contribution is 2.27. The highest BCUT2D eigenvalue weighted by atomic mass is 32.2. The van der Waals surface area contributed by atoms with Crippen LogP contribution in [0.25, 0.3) is 0 Å². The van der Waals surface area contributed by atoms with Crippen molar-refractivity contribution in [2.75, 3.05) is 20.2 Å². The van der Waals surface area contributed by atoms with Gasteiger partial charge in [-0.15, -0.1) is 0 Å². The Kier molecular flexibility index (Phi) is 7.36. The molecule has 0 unspecified atom stereocenters. The number of sulfone groups is 1. The van der Waals surface area contributed by atoms with Crippen LogP contribution in [0.4, 0.5) is 0 Å². The molecule has 0 saturated heterocycles. The predicted molar refractivity (Wildman–Crippen MR) is 118 cm³/mol. The first-order valence-electron chi connectivity index (χ1n) is 10.7. The summed E-state index contributed by atoms with van der Waals surface area (Å²) in [5.41, 5.74) is 3.57. The highest BCUT2D eigenvalue weighted by molar-refractivity contribution is 7.90. The molecule has 0 saturated carbocycles. The van der Waals surface area contributed by atoms with E-state index in [1.165, 1.54) is 24.0 Å². The van der Waals surface area contributed by atoms with Crippen LogP contribution in [0.2, 0.25) is 0 Å². The predicted octanol–water partition coefficient (Wildman–Crippen LogP) is 4.65. The topological polar surface area (TPSA) is 46.6 Å². The van der Waals surface area contributed by atoms with Gasteiger partial charge < -0.3 is 9.64 Å². The molecular formula is C24H33NO3S. The van der Waals surface area contributed by atoms with Gasteiger partial charge in [0.05, 0.1) is 17.8 Å². The van der Waals surface area contributed by atoms with E-state index in [-0.39, 0.29) is 5.75 Å². The largest absolute Gasteiger partial charge is 0.497 e. The zero-order chi connectivity index (χ0) is 20.9. The minimum absolute atomic E-state index is 0.0355. The molecule has 5 heteroatoms. The van der Waals surface area contributed by atoms with Crippen LogP contribution in [0.1, 0.15) is 49.8 Å². The number of nitrogens with zero attached hydrogens (tertiary/aromatic N) is 1. The zero-order valence-electron chi connectivity index (χ0n) is 17.9. The third kappa shape index (κ3) is 5.40. The molecule has 0 aliphatic heterocycles. The maximum atomic E-state index is 12.8. The van der Waals surface area contributed by atoms with Gasteiger partial charge in [-0.25, -0.2) is 8.42 Å². The Hall–Kier alpha value is -1.85.